The van der Waals surface area contributed by atoms with Gasteiger partial charge in [0.2, 0.25) is 0 Å². The fraction of sp³-hybridized carbons (Fsp3) is 0.125. The average molecular weight is 202 g/mol. The maximum Gasteiger partial charge on any atom is 0.417 e. The third-order valence-electron chi connectivity index (χ3n) is 1.55. The summed E-state index contributed by atoms with van der Waals surface area (Å²) in [4.78, 5) is 4.14. The van der Waals surface area contributed by atoms with Crippen LogP contribution in [-0.4, -0.2) is 0 Å². The number of hydrogen-bond acceptors (Lipinski definition) is 3. The van der Waals surface area contributed by atoms with E-state index in [0.717, 1.165) is 6.07 Å². The van der Waals surface area contributed by atoms with Crippen molar-refractivity contribution in [2.24, 2.45) is 5.90 Å². The van der Waals surface area contributed by atoms with E-state index in [9.17, 15) is 13.2 Å². The highest BCUT2D eigenvalue weighted by Crippen LogP contribution is 2.33. The van der Waals surface area contributed by atoms with E-state index in [2.05, 4.69) is 4.84 Å². The average Bonchev–Trinajstić information content (AvgIpc) is 2.15. The van der Waals surface area contributed by atoms with E-state index >= 15 is 0 Å². The van der Waals surface area contributed by atoms with Gasteiger partial charge in [0.15, 0.2) is 0 Å². The normalized spacial score (nSPS) is 10.8. The lowest BCUT2D eigenvalue weighted by atomic mass is 10.1. The minimum Gasteiger partial charge on any atom is -0.412 e. The van der Waals surface area contributed by atoms with E-state index in [-0.39, 0.29) is 5.75 Å². The molecule has 0 aliphatic rings. The maximum absolute atomic E-state index is 12.3. The van der Waals surface area contributed by atoms with E-state index in [1.54, 1.807) is 0 Å². The smallest absolute Gasteiger partial charge is 0.412 e. The van der Waals surface area contributed by atoms with Gasteiger partial charge in [-0.1, -0.05) is 0 Å². The second kappa shape index (κ2) is 3.55. The van der Waals surface area contributed by atoms with Gasteiger partial charge in [-0.25, -0.2) is 0 Å². The van der Waals surface area contributed by atoms with E-state index in [4.69, 9.17) is 11.2 Å². The Morgan fingerprint density at radius 1 is 1.36 bits per heavy atom. The van der Waals surface area contributed by atoms with Gasteiger partial charge in [0, 0.05) is 0 Å². The van der Waals surface area contributed by atoms with E-state index < -0.39 is 17.3 Å². The van der Waals surface area contributed by atoms with Crippen molar-refractivity contribution in [3.05, 3.63) is 29.3 Å². The number of halogens is 3. The van der Waals surface area contributed by atoms with Crippen LogP contribution in [0, 0.1) is 11.3 Å². The van der Waals surface area contributed by atoms with Crippen molar-refractivity contribution in [2.75, 3.05) is 0 Å². The first-order chi connectivity index (χ1) is 6.49. The molecule has 1 aromatic carbocycles. The summed E-state index contributed by atoms with van der Waals surface area (Å²) in [6.45, 7) is 0. The van der Waals surface area contributed by atoms with Gasteiger partial charge >= 0.3 is 6.18 Å². The van der Waals surface area contributed by atoms with E-state index in [0.29, 0.717) is 6.07 Å². The Morgan fingerprint density at radius 2 is 2.00 bits per heavy atom. The van der Waals surface area contributed by atoms with Crippen LogP contribution in [0.3, 0.4) is 0 Å². The summed E-state index contributed by atoms with van der Waals surface area (Å²) in [6.07, 6.45) is -4.58. The molecule has 1 rings (SSSR count). The van der Waals surface area contributed by atoms with Crippen LogP contribution in [0.5, 0.6) is 5.75 Å². The predicted molar refractivity (Wildman–Crippen MR) is 41.0 cm³/mol. The van der Waals surface area contributed by atoms with Gasteiger partial charge in [-0.05, 0) is 18.2 Å². The molecule has 0 aliphatic carbocycles. The second-order valence-electron chi connectivity index (χ2n) is 2.43. The summed E-state index contributed by atoms with van der Waals surface area (Å²) in [7, 11) is 0. The lowest BCUT2D eigenvalue weighted by Crippen LogP contribution is -2.09. The molecule has 0 spiro atoms. The van der Waals surface area contributed by atoms with Gasteiger partial charge in [0.1, 0.15) is 5.75 Å². The van der Waals surface area contributed by atoms with Crippen molar-refractivity contribution in [1.82, 2.24) is 0 Å². The van der Waals surface area contributed by atoms with Crippen LogP contribution in [0.2, 0.25) is 0 Å². The van der Waals surface area contributed by atoms with Gasteiger partial charge in [-0.3, -0.25) is 0 Å². The SMILES string of the molecule is N#Cc1ccc(ON)cc1C(F)(F)F. The molecule has 14 heavy (non-hydrogen) atoms. The molecule has 1 aromatic rings. The third-order valence-corrected chi connectivity index (χ3v) is 1.55. The number of benzene rings is 1. The zero-order valence-corrected chi connectivity index (χ0v) is 6.80. The van der Waals surface area contributed by atoms with Crippen molar-refractivity contribution in [3.63, 3.8) is 0 Å². The molecule has 0 amide bonds. The Morgan fingerprint density at radius 3 is 2.43 bits per heavy atom. The molecule has 74 valence electrons. The minimum absolute atomic E-state index is 0.142. The molecule has 0 radical (unpaired) electrons. The third kappa shape index (κ3) is 1.95. The summed E-state index contributed by atoms with van der Waals surface area (Å²) in [6, 6.07) is 4.31. The minimum atomic E-state index is -4.58. The van der Waals surface area contributed by atoms with Gasteiger partial charge < -0.3 is 4.84 Å². The Kier molecular flexibility index (Phi) is 2.63. The number of nitrogens with two attached hydrogens (primary N) is 1. The van der Waals surface area contributed by atoms with Crippen LogP contribution < -0.4 is 10.7 Å². The number of rotatable bonds is 1. The fourth-order valence-corrected chi connectivity index (χ4v) is 0.929. The van der Waals surface area contributed by atoms with E-state index in [1.807, 2.05) is 0 Å². The molecule has 0 unspecified atom stereocenters. The molecular formula is C8H5F3N2O. The van der Waals surface area contributed by atoms with Crippen molar-refractivity contribution < 1.29 is 18.0 Å². The van der Waals surface area contributed by atoms with E-state index in [1.165, 1.54) is 12.1 Å². The number of hydrogen-bond donors (Lipinski definition) is 1. The van der Waals surface area contributed by atoms with Gasteiger partial charge in [-0.2, -0.15) is 24.3 Å². The first-order valence-corrected chi connectivity index (χ1v) is 3.47. The van der Waals surface area contributed by atoms with Crippen LogP contribution in [0.1, 0.15) is 11.1 Å². The first kappa shape index (κ1) is 10.3. The van der Waals surface area contributed by atoms with Gasteiger partial charge in [-0.15, -0.1) is 0 Å². The Hall–Kier alpha value is -1.74. The highest BCUT2D eigenvalue weighted by atomic mass is 19.4. The van der Waals surface area contributed by atoms with Crippen LogP contribution >= 0.6 is 0 Å². The van der Waals surface area contributed by atoms with Crippen LogP contribution in [0.15, 0.2) is 18.2 Å². The summed E-state index contributed by atoms with van der Waals surface area (Å²) < 4.78 is 36.9. The first-order valence-electron chi connectivity index (χ1n) is 3.47. The molecule has 0 saturated carbocycles. The predicted octanol–water partition coefficient (Wildman–Crippen LogP) is 1.83. The van der Waals surface area contributed by atoms with Crippen LogP contribution in [0.4, 0.5) is 13.2 Å². The fourth-order valence-electron chi connectivity index (χ4n) is 0.929. The molecule has 0 heterocycles. The molecule has 3 nitrogen and oxygen atoms in total. The monoisotopic (exact) mass is 202 g/mol. The highest BCUT2D eigenvalue weighted by molar-refractivity contribution is 5.44. The molecule has 0 atom stereocenters. The van der Waals surface area contributed by atoms with Crippen molar-refractivity contribution in [1.29, 1.82) is 5.26 Å². The van der Waals surface area contributed by atoms with Gasteiger partial charge in [0.25, 0.3) is 0 Å². The summed E-state index contributed by atoms with van der Waals surface area (Å²) in [5.41, 5.74) is -1.51. The lowest BCUT2D eigenvalue weighted by molar-refractivity contribution is -0.137. The Bertz CT molecular complexity index is 381. The molecule has 0 bridgehead atoms. The standard InChI is InChI=1S/C8H5F3N2O/c9-8(10,11)7-3-6(14-13)2-1-5(7)4-12/h1-3H,13H2. The molecule has 0 saturated heterocycles. The maximum atomic E-state index is 12.3. The summed E-state index contributed by atoms with van der Waals surface area (Å²) in [5, 5.41) is 8.42. The Labute approximate surface area is 77.5 Å². The second-order valence-corrected chi connectivity index (χ2v) is 2.43. The van der Waals surface area contributed by atoms with Crippen molar-refractivity contribution >= 4 is 0 Å². The highest BCUT2D eigenvalue weighted by Gasteiger charge is 2.34. The summed E-state index contributed by atoms with van der Waals surface area (Å²) >= 11 is 0. The van der Waals surface area contributed by atoms with Crippen molar-refractivity contribution in [3.8, 4) is 11.8 Å². The van der Waals surface area contributed by atoms with Gasteiger partial charge in [0.05, 0.1) is 17.2 Å². The zero-order chi connectivity index (χ0) is 10.8. The molecule has 0 aliphatic heterocycles. The zero-order valence-electron chi connectivity index (χ0n) is 6.80. The number of nitrogens with zero attached hydrogens (tertiary/aromatic N) is 1. The lowest BCUT2D eigenvalue weighted by Gasteiger charge is -2.09. The molecule has 0 fully saturated rings. The number of nitriles is 1. The largest absolute Gasteiger partial charge is 0.417 e. The van der Waals surface area contributed by atoms with Crippen molar-refractivity contribution in [2.45, 2.75) is 6.18 Å². The molecule has 6 heteroatoms. The molecular weight excluding hydrogens is 197 g/mol. The Balaban J connectivity index is 3.31. The van der Waals surface area contributed by atoms with Crippen LogP contribution in [-0.2, 0) is 6.18 Å². The topological polar surface area (TPSA) is 59.0 Å². The molecule has 2 N–H and O–H groups in total. The van der Waals surface area contributed by atoms with Crippen LogP contribution in [0.25, 0.3) is 0 Å². The number of alkyl halides is 3. The molecule has 0 aromatic heterocycles. The quantitative estimate of drug-likeness (QED) is 0.706. The summed E-state index contributed by atoms with van der Waals surface area (Å²) in [5.74, 6) is 4.56.